The number of rotatable bonds is 2. The summed E-state index contributed by atoms with van der Waals surface area (Å²) in [7, 11) is 0. The van der Waals surface area contributed by atoms with Crippen molar-refractivity contribution < 1.29 is 4.65 Å². The minimum Gasteiger partial charge on any atom is -0.431 e. The minimum absolute atomic E-state index is 0.299. The van der Waals surface area contributed by atoms with E-state index in [1.807, 2.05) is 6.07 Å². The Balaban J connectivity index is 1.90. The summed E-state index contributed by atoms with van der Waals surface area (Å²) in [6, 6.07) is 10.4. The predicted octanol–water partition coefficient (Wildman–Crippen LogP) is 3.68. The first-order valence-corrected chi connectivity index (χ1v) is 6.01. The van der Waals surface area contributed by atoms with Crippen LogP contribution in [0.15, 0.2) is 36.3 Å². The first kappa shape index (κ1) is 11.5. The molecule has 1 aliphatic rings. The van der Waals surface area contributed by atoms with Crippen molar-refractivity contribution >= 4 is 13.0 Å². The van der Waals surface area contributed by atoms with E-state index in [0.717, 1.165) is 12.9 Å². The van der Waals surface area contributed by atoms with Crippen LogP contribution in [0.1, 0.15) is 25.8 Å². The first-order valence-electron chi connectivity index (χ1n) is 6.01. The average Bonchev–Trinajstić information content (AvgIpc) is 2.29. The van der Waals surface area contributed by atoms with Crippen molar-refractivity contribution in [3.05, 3.63) is 41.9 Å². The van der Waals surface area contributed by atoms with Gasteiger partial charge in [0, 0.05) is 6.61 Å². The first-order chi connectivity index (χ1) is 7.66. The SMILES string of the molecule is CC1(C)CCB(/C=C/c2ccccc2)OC1. The molecule has 0 spiro atoms. The molecule has 0 aliphatic carbocycles. The molecule has 1 fully saturated rings. The highest BCUT2D eigenvalue weighted by Gasteiger charge is 2.28. The smallest absolute Gasteiger partial charge is 0.319 e. The quantitative estimate of drug-likeness (QED) is 0.682. The maximum absolute atomic E-state index is 5.83. The van der Waals surface area contributed by atoms with E-state index in [2.05, 4.69) is 50.2 Å². The second kappa shape index (κ2) is 4.88. The van der Waals surface area contributed by atoms with Gasteiger partial charge in [-0.05, 0) is 23.7 Å². The molecule has 0 bridgehead atoms. The molecule has 0 saturated carbocycles. The fraction of sp³-hybridized carbons (Fsp3) is 0.429. The largest absolute Gasteiger partial charge is 0.431 e. The number of hydrogen-bond acceptors (Lipinski definition) is 1. The van der Waals surface area contributed by atoms with Gasteiger partial charge < -0.3 is 4.65 Å². The molecular formula is C14H19BO. The molecule has 1 saturated heterocycles. The molecule has 0 atom stereocenters. The lowest BCUT2D eigenvalue weighted by atomic mass is 9.58. The van der Waals surface area contributed by atoms with Crippen molar-refractivity contribution in [3.8, 4) is 0 Å². The Bertz CT molecular complexity index is 346. The van der Waals surface area contributed by atoms with Gasteiger partial charge in [0.1, 0.15) is 0 Å². The van der Waals surface area contributed by atoms with Crippen LogP contribution in [-0.4, -0.2) is 13.5 Å². The van der Waals surface area contributed by atoms with E-state index in [9.17, 15) is 0 Å². The molecule has 1 aromatic rings. The molecule has 2 rings (SSSR count). The third-order valence-corrected chi connectivity index (χ3v) is 3.10. The fourth-order valence-electron chi connectivity index (χ4n) is 1.96. The summed E-state index contributed by atoms with van der Waals surface area (Å²) in [6.45, 7) is 5.71. The van der Waals surface area contributed by atoms with Gasteiger partial charge in [0.15, 0.2) is 0 Å². The Morgan fingerprint density at radius 1 is 1.25 bits per heavy atom. The van der Waals surface area contributed by atoms with Crippen LogP contribution in [-0.2, 0) is 4.65 Å². The van der Waals surface area contributed by atoms with Crippen molar-refractivity contribution in [3.63, 3.8) is 0 Å². The summed E-state index contributed by atoms with van der Waals surface area (Å²) in [4.78, 5) is 0. The molecule has 0 N–H and O–H groups in total. The van der Waals surface area contributed by atoms with Gasteiger partial charge >= 0.3 is 6.92 Å². The monoisotopic (exact) mass is 214 g/mol. The Labute approximate surface area is 98.6 Å². The Morgan fingerprint density at radius 2 is 2.00 bits per heavy atom. The van der Waals surface area contributed by atoms with E-state index >= 15 is 0 Å². The molecule has 0 radical (unpaired) electrons. The summed E-state index contributed by atoms with van der Waals surface area (Å²) in [5.41, 5.74) is 1.60. The van der Waals surface area contributed by atoms with Crippen LogP contribution in [0.25, 0.3) is 6.08 Å². The number of benzene rings is 1. The topological polar surface area (TPSA) is 9.23 Å². The van der Waals surface area contributed by atoms with Gasteiger partial charge in [0.05, 0.1) is 0 Å². The molecule has 16 heavy (non-hydrogen) atoms. The van der Waals surface area contributed by atoms with E-state index < -0.39 is 0 Å². The highest BCUT2D eigenvalue weighted by Crippen LogP contribution is 2.29. The predicted molar refractivity (Wildman–Crippen MR) is 70.4 cm³/mol. The standard InChI is InChI=1S/C14H19BO/c1-14(2)9-11-15(16-12-14)10-8-13-6-4-3-5-7-13/h3-8,10H,9,11-12H2,1-2H3/b10-8+. The molecule has 84 valence electrons. The summed E-state index contributed by atoms with van der Waals surface area (Å²) in [5, 5.41) is 0. The van der Waals surface area contributed by atoms with Crippen LogP contribution in [0.2, 0.25) is 6.32 Å². The summed E-state index contributed by atoms with van der Waals surface area (Å²) in [5.74, 6) is 2.19. The lowest BCUT2D eigenvalue weighted by molar-refractivity contribution is 0.152. The maximum atomic E-state index is 5.83. The van der Waals surface area contributed by atoms with Crippen molar-refractivity contribution in [1.29, 1.82) is 0 Å². The van der Waals surface area contributed by atoms with Crippen LogP contribution < -0.4 is 0 Å². The zero-order valence-corrected chi connectivity index (χ0v) is 10.1. The molecule has 1 aliphatic heterocycles. The van der Waals surface area contributed by atoms with Gasteiger partial charge in [-0.3, -0.25) is 0 Å². The minimum atomic E-state index is 0.299. The van der Waals surface area contributed by atoms with Crippen LogP contribution in [0, 0.1) is 5.41 Å². The van der Waals surface area contributed by atoms with E-state index in [1.165, 1.54) is 12.0 Å². The van der Waals surface area contributed by atoms with Crippen molar-refractivity contribution in [2.45, 2.75) is 26.6 Å². The molecule has 1 nitrogen and oxygen atoms in total. The Morgan fingerprint density at radius 3 is 2.62 bits per heavy atom. The van der Waals surface area contributed by atoms with Gasteiger partial charge in [-0.25, -0.2) is 0 Å². The molecule has 0 aromatic heterocycles. The van der Waals surface area contributed by atoms with Crippen molar-refractivity contribution in [1.82, 2.24) is 0 Å². The van der Waals surface area contributed by atoms with Crippen LogP contribution in [0.5, 0.6) is 0 Å². The van der Waals surface area contributed by atoms with Gasteiger partial charge in [0.25, 0.3) is 0 Å². The third-order valence-electron chi connectivity index (χ3n) is 3.10. The van der Waals surface area contributed by atoms with E-state index in [0.29, 0.717) is 12.3 Å². The molecule has 1 aromatic carbocycles. The Kier molecular flexibility index (Phi) is 3.50. The maximum Gasteiger partial charge on any atom is 0.319 e. The second-order valence-electron chi connectivity index (χ2n) is 5.32. The average molecular weight is 214 g/mol. The van der Waals surface area contributed by atoms with Crippen molar-refractivity contribution in [2.24, 2.45) is 5.41 Å². The normalized spacial score (nSPS) is 20.2. The van der Waals surface area contributed by atoms with Gasteiger partial charge in [-0.15, -0.1) is 0 Å². The highest BCUT2D eigenvalue weighted by molar-refractivity contribution is 6.58. The summed E-state index contributed by atoms with van der Waals surface area (Å²) >= 11 is 0. The molecular weight excluding hydrogens is 195 g/mol. The van der Waals surface area contributed by atoms with Gasteiger partial charge in [-0.2, -0.15) is 0 Å². The lowest BCUT2D eigenvalue weighted by Gasteiger charge is -2.32. The van der Waals surface area contributed by atoms with Gasteiger partial charge in [0.2, 0.25) is 0 Å². The van der Waals surface area contributed by atoms with E-state index in [-0.39, 0.29) is 0 Å². The van der Waals surface area contributed by atoms with Crippen LogP contribution in [0.3, 0.4) is 0 Å². The van der Waals surface area contributed by atoms with E-state index in [1.54, 1.807) is 0 Å². The van der Waals surface area contributed by atoms with Crippen LogP contribution >= 0.6 is 0 Å². The summed E-state index contributed by atoms with van der Waals surface area (Å²) in [6.07, 6.45) is 4.54. The molecule has 0 amide bonds. The van der Waals surface area contributed by atoms with E-state index in [4.69, 9.17) is 4.65 Å². The fourth-order valence-corrected chi connectivity index (χ4v) is 1.96. The number of hydrogen-bond donors (Lipinski definition) is 0. The molecule has 1 heterocycles. The lowest BCUT2D eigenvalue weighted by Crippen LogP contribution is -2.32. The molecule has 2 heteroatoms. The highest BCUT2D eigenvalue weighted by atomic mass is 16.4. The van der Waals surface area contributed by atoms with Crippen molar-refractivity contribution in [2.75, 3.05) is 6.61 Å². The van der Waals surface area contributed by atoms with Crippen LogP contribution in [0.4, 0.5) is 0 Å². The molecule has 0 unspecified atom stereocenters. The zero-order valence-electron chi connectivity index (χ0n) is 10.1. The summed E-state index contributed by atoms with van der Waals surface area (Å²) < 4.78 is 5.83. The zero-order chi connectivity index (χ0) is 11.4. The van der Waals surface area contributed by atoms with Gasteiger partial charge in [-0.1, -0.05) is 56.2 Å². The Hall–Kier alpha value is -1.02. The second-order valence-corrected chi connectivity index (χ2v) is 5.32. The third kappa shape index (κ3) is 3.24.